The van der Waals surface area contributed by atoms with Crippen LogP contribution in [0.4, 0.5) is 11.4 Å². The highest BCUT2D eigenvalue weighted by Crippen LogP contribution is 2.50. The molecule has 0 spiro atoms. The van der Waals surface area contributed by atoms with Gasteiger partial charge in [0.2, 0.25) is 5.69 Å². The Hall–Kier alpha value is -4.64. The maximum Gasteiger partial charge on any atom is 0.338 e. The Labute approximate surface area is 382 Å². The second-order valence-corrected chi connectivity index (χ2v) is 22.8. The molecule has 2 heterocycles. The molecule has 2 aromatic carbocycles. The van der Waals surface area contributed by atoms with Gasteiger partial charge in [0.1, 0.15) is 13.3 Å². The Morgan fingerprint density at radius 3 is 1.80 bits per heavy atom. The van der Waals surface area contributed by atoms with Crippen LogP contribution < -0.4 is 4.90 Å². The number of esters is 1. The van der Waals surface area contributed by atoms with Crippen molar-refractivity contribution in [2.24, 2.45) is 0 Å². The largest absolute Gasteiger partial charge is 0.478 e. The summed E-state index contributed by atoms with van der Waals surface area (Å²) < 4.78 is 147. The van der Waals surface area contributed by atoms with Crippen LogP contribution in [0.1, 0.15) is 101 Å². The van der Waals surface area contributed by atoms with E-state index < -0.39 is 98.8 Å². The topological polar surface area (TPSA) is 343 Å². The SMILES string of the molecule is CC1(C)C(/C=C/C=C2/N(CCCS(=O)(=O)O)c3cc(C(=O)O)cc(COCOCCCS(=O)(=O)O)c3C2(C)C)=[N+](CCCS(=O)(=O)O)c2cc(C(=O)O)cc(C(=O)OCCCS(=O)(=O)O)c21. The smallest absolute Gasteiger partial charge is 0.338 e. The molecule has 2 aromatic rings. The Morgan fingerprint density at radius 1 is 0.682 bits per heavy atom. The molecule has 2 aliphatic rings. The molecule has 0 unspecified atom stereocenters. The first-order valence-corrected chi connectivity index (χ1v) is 26.5. The molecule has 4 rings (SSSR count). The molecular formula is C40H53N2O20S4+. The van der Waals surface area contributed by atoms with Gasteiger partial charge in [-0.15, -0.1) is 0 Å². The van der Waals surface area contributed by atoms with Gasteiger partial charge in [0, 0.05) is 41.9 Å². The lowest BCUT2D eigenvalue weighted by atomic mass is 9.78. The van der Waals surface area contributed by atoms with Crippen molar-refractivity contribution in [1.29, 1.82) is 0 Å². The van der Waals surface area contributed by atoms with Gasteiger partial charge in [0.15, 0.2) is 5.71 Å². The van der Waals surface area contributed by atoms with E-state index >= 15 is 0 Å². The number of carboxylic acid groups (broad SMARTS) is 2. The lowest BCUT2D eigenvalue weighted by Gasteiger charge is -2.27. The fourth-order valence-electron chi connectivity index (χ4n) is 8.04. The molecule has 0 amide bonds. The molecule has 66 heavy (non-hydrogen) atoms. The van der Waals surface area contributed by atoms with Gasteiger partial charge in [-0.1, -0.05) is 19.9 Å². The average Bonchev–Trinajstić information content (AvgIpc) is 3.51. The number of carbonyl (C=O) groups excluding carboxylic acids is 1. The number of hydrogen-bond acceptors (Lipinski definition) is 15. The van der Waals surface area contributed by atoms with E-state index in [9.17, 15) is 67.4 Å². The highest BCUT2D eigenvalue weighted by molar-refractivity contribution is 7.86. The van der Waals surface area contributed by atoms with Crippen molar-refractivity contribution < 1.29 is 95.3 Å². The molecule has 0 bridgehead atoms. The number of benzene rings is 2. The van der Waals surface area contributed by atoms with Gasteiger partial charge in [-0.05, 0) is 68.5 Å². The van der Waals surface area contributed by atoms with Crippen molar-refractivity contribution in [3.05, 3.63) is 81.6 Å². The molecule has 0 aliphatic carbocycles. The lowest BCUT2D eigenvalue weighted by Crippen LogP contribution is -2.30. The number of aromatic carboxylic acids is 2. The second kappa shape index (κ2) is 21.1. The first-order valence-electron chi connectivity index (χ1n) is 20.1. The molecule has 0 fully saturated rings. The minimum Gasteiger partial charge on any atom is -0.478 e. The quantitative estimate of drug-likeness (QED) is 0.0273. The molecule has 0 aromatic heterocycles. The highest BCUT2D eigenvalue weighted by Gasteiger charge is 2.48. The van der Waals surface area contributed by atoms with E-state index in [4.69, 9.17) is 23.3 Å². The van der Waals surface area contributed by atoms with Gasteiger partial charge in [-0.25, -0.2) is 14.4 Å². The van der Waals surface area contributed by atoms with E-state index in [1.807, 2.05) is 13.8 Å². The molecule has 0 saturated carbocycles. The van der Waals surface area contributed by atoms with Gasteiger partial charge >= 0.3 is 17.9 Å². The minimum absolute atomic E-state index is 0.0247. The Bertz CT molecular complexity index is 2780. The molecule has 22 nitrogen and oxygen atoms in total. The number of carboxylic acids is 2. The Morgan fingerprint density at radius 2 is 1.23 bits per heavy atom. The zero-order valence-electron chi connectivity index (χ0n) is 36.4. The third-order valence-electron chi connectivity index (χ3n) is 10.7. The van der Waals surface area contributed by atoms with Crippen LogP contribution in [0.15, 0.2) is 48.2 Å². The number of anilines is 1. The summed E-state index contributed by atoms with van der Waals surface area (Å²) in [4.78, 5) is 40.1. The summed E-state index contributed by atoms with van der Waals surface area (Å²) in [5.74, 6) is -6.32. The van der Waals surface area contributed by atoms with Crippen LogP contribution in [-0.4, -0.2) is 146 Å². The predicted octanol–water partition coefficient (Wildman–Crippen LogP) is 3.46. The first-order chi connectivity index (χ1) is 30.3. The number of carbonyl (C=O) groups is 3. The normalized spacial score (nSPS) is 16.5. The average molecular weight is 1010 g/mol. The standard InChI is InChI=1S/C40H52N2O20S4/c1-39(2)32(41(12-6-16-63(48,49)50)30-22-26(36(43)44)20-28(34(30)39)24-61-25-60-14-8-18-65(54,55)56)10-5-11-33-40(3,4)35-29(38(47)62-15-9-19-66(57,58)59)21-27(37(45)46)23-31(35)42(33)13-7-17-64(51,52)53/h5,10-11,20-23H,6-9,12-19,24-25H2,1-4H3,(H5-,43,44,45,46,48,49,50,51,52,53,54,55,56,57,58,59)/p+1. The monoisotopic (exact) mass is 1010 g/mol. The van der Waals surface area contributed by atoms with Gasteiger partial charge in [-0.3, -0.25) is 18.2 Å². The zero-order valence-corrected chi connectivity index (χ0v) is 39.6. The summed E-state index contributed by atoms with van der Waals surface area (Å²) in [7, 11) is -17.5. The number of rotatable bonds is 25. The highest BCUT2D eigenvalue weighted by atomic mass is 32.2. The van der Waals surface area contributed by atoms with Crippen molar-refractivity contribution in [2.75, 3.05) is 61.0 Å². The van der Waals surface area contributed by atoms with E-state index in [-0.39, 0.29) is 86.7 Å². The summed E-state index contributed by atoms with van der Waals surface area (Å²) in [6, 6.07) is 5.17. The first kappa shape index (κ1) is 54.0. The summed E-state index contributed by atoms with van der Waals surface area (Å²) in [6.07, 6.45) is 4.28. The number of hydrogen-bond donors (Lipinski definition) is 6. The van der Waals surface area contributed by atoms with Crippen LogP contribution in [0.25, 0.3) is 0 Å². The Balaban J connectivity index is 1.84. The molecule has 0 radical (unpaired) electrons. The minimum atomic E-state index is -4.46. The Kier molecular flexibility index (Phi) is 17.3. The van der Waals surface area contributed by atoms with Crippen molar-refractivity contribution >= 4 is 75.5 Å². The maximum atomic E-state index is 13.6. The second-order valence-electron chi connectivity index (χ2n) is 16.5. The molecule has 0 saturated heterocycles. The van der Waals surface area contributed by atoms with Crippen LogP contribution in [-0.2, 0) is 72.1 Å². The third-order valence-corrected chi connectivity index (χ3v) is 13.9. The van der Waals surface area contributed by atoms with E-state index in [1.54, 1.807) is 41.6 Å². The lowest BCUT2D eigenvalue weighted by molar-refractivity contribution is -0.437. The van der Waals surface area contributed by atoms with Crippen molar-refractivity contribution in [3.8, 4) is 0 Å². The number of fused-ring (bicyclic) bond motifs is 2. The third kappa shape index (κ3) is 14.4. The molecule has 0 atom stereocenters. The van der Waals surface area contributed by atoms with Crippen molar-refractivity contribution in [3.63, 3.8) is 0 Å². The van der Waals surface area contributed by atoms with Gasteiger partial charge in [0.25, 0.3) is 40.5 Å². The number of allylic oxidation sites excluding steroid dienone is 4. The van der Waals surface area contributed by atoms with E-state index in [2.05, 4.69) is 0 Å². The van der Waals surface area contributed by atoms with Crippen LogP contribution >= 0.6 is 0 Å². The molecule has 26 heteroatoms. The molecule has 2 aliphatic heterocycles. The van der Waals surface area contributed by atoms with Gasteiger partial charge < -0.3 is 29.3 Å². The molecule has 6 N–H and O–H groups in total. The fourth-order valence-corrected chi connectivity index (χ4v) is 10.00. The fraction of sp³-hybridized carbons (Fsp3) is 0.500. The summed E-state index contributed by atoms with van der Waals surface area (Å²) in [5.41, 5.74) is -0.157. The van der Waals surface area contributed by atoms with Crippen molar-refractivity contribution in [1.82, 2.24) is 0 Å². The molecular weight excluding hydrogens is 957 g/mol. The van der Waals surface area contributed by atoms with E-state index in [0.29, 0.717) is 28.2 Å². The van der Waals surface area contributed by atoms with Gasteiger partial charge in [-0.2, -0.15) is 38.2 Å². The number of ether oxygens (including phenoxy) is 3. The van der Waals surface area contributed by atoms with Crippen LogP contribution in [0.3, 0.4) is 0 Å². The summed E-state index contributed by atoms with van der Waals surface area (Å²) in [5, 5.41) is 20.2. The van der Waals surface area contributed by atoms with E-state index in [1.165, 1.54) is 18.2 Å². The summed E-state index contributed by atoms with van der Waals surface area (Å²) in [6.45, 7) is 5.80. The zero-order chi connectivity index (χ0) is 49.6. The van der Waals surface area contributed by atoms with Crippen LogP contribution in [0, 0.1) is 0 Å². The van der Waals surface area contributed by atoms with Crippen LogP contribution in [0.2, 0.25) is 0 Å². The predicted molar refractivity (Wildman–Crippen MR) is 237 cm³/mol. The van der Waals surface area contributed by atoms with Gasteiger partial charge in [0.05, 0.1) is 70.5 Å². The number of nitrogens with zero attached hydrogens (tertiary/aromatic N) is 2. The van der Waals surface area contributed by atoms with Crippen LogP contribution in [0.5, 0.6) is 0 Å². The molecule has 366 valence electrons. The van der Waals surface area contributed by atoms with Crippen molar-refractivity contribution in [2.45, 2.75) is 70.8 Å². The van der Waals surface area contributed by atoms with E-state index in [0.717, 1.165) is 6.07 Å². The maximum absolute atomic E-state index is 13.6. The summed E-state index contributed by atoms with van der Waals surface area (Å²) >= 11 is 0.